The van der Waals surface area contributed by atoms with Gasteiger partial charge in [0, 0.05) is 30.8 Å². The van der Waals surface area contributed by atoms with Crippen molar-refractivity contribution < 1.29 is 18.7 Å². The van der Waals surface area contributed by atoms with Gasteiger partial charge in [-0.25, -0.2) is 9.98 Å². The molecule has 166 valence electrons. The van der Waals surface area contributed by atoms with Crippen molar-refractivity contribution in [3.63, 3.8) is 0 Å². The van der Waals surface area contributed by atoms with Crippen molar-refractivity contribution in [2.45, 2.75) is 39.3 Å². The van der Waals surface area contributed by atoms with Crippen molar-refractivity contribution in [2.24, 2.45) is 16.1 Å². The summed E-state index contributed by atoms with van der Waals surface area (Å²) in [6.07, 6.45) is 2.64. The van der Waals surface area contributed by atoms with Crippen LogP contribution in [-0.2, 0) is 9.53 Å². The van der Waals surface area contributed by atoms with Gasteiger partial charge in [0.1, 0.15) is 11.9 Å². The third kappa shape index (κ3) is 4.25. The van der Waals surface area contributed by atoms with Crippen LogP contribution >= 0.6 is 0 Å². The van der Waals surface area contributed by atoms with Gasteiger partial charge < -0.3 is 15.2 Å². The zero-order chi connectivity index (χ0) is 22.6. The standard InChI is InChI=1S/C21H23FN4O3.C2H6/c1-21-11-28-9-7-17(21)29-16-6-5-13(14-4-3-8-24-19(14)22)10-15(16)18(21)25-20(23)26(2)12-27;1-2/h3-6,8,10,12,17-18H,7,9,11H2,1-2H3,(H2,23,25);1-2H3/t17?,18-,21?;/m0./s1. The molecule has 1 aromatic carbocycles. The van der Waals surface area contributed by atoms with E-state index in [1.54, 1.807) is 19.2 Å². The average Bonchev–Trinajstić information content (AvgIpc) is 2.80. The van der Waals surface area contributed by atoms with Gasteiger partial charge in [-0.2, -0.15) is 4.39 Å². The summed E-state index contributed by atoms with van der Waals surface area (Å²) < 4.78 is 26.3. The van der Waals surface area contributed by atoms with Gasteiger partial charge in [-0.05, 0) is 29.8 Å². The molecule has 2 unspecified atom stereocenters. The second-order valence-corrected chi connectivity index (χ2v) is 7.65. The summed E-state index contributed by atoms with van der Waals surface area (Å²) in [5, 5.41) is 0. The fourth-order valence-corrected chi connectivity index (χ4v) is 3.99. The fraction of sp³-hybridized carbons (Fsp3) is 0.435. The summed E-state index contributed by atoms with van der Waals surface area (Å²) in [5.41, 5.74) is 7.42. The Morgan fingerprint density at radius 3 is 2.87 bits per heavy atom. The Bertz CT molecular complexity index is 968. The summed E-state index contributed by atoms with van der Waals surface area (Å²) in [5.74, 6) is 0.230. The Morgan fingerprint density at radius 1 is 1.39 bits per heavy atom. The van der Waals surface area contributed by atoms with Gasteiger partial charge in [-0.3, -0.25) is 9.69 Å². The van der Waals surface area contributed by atoms with Crippen LogP contribution in [0.5, 0.6) is 5.75 Å². The molecule has 0 spiro atoms. The molecule has 0 radical (unpaired) electrons. The number of nitrogens with zero attached hydrogens (tertiary/aromatic N) is 3. The third-order valence-corrected chi connectivity index (χ3v) is 5.72. The molecule has 8 heteroatoms. The quantitative estimate of drug-likeness (QED) is 0.350. The van der Waals surface area contributed by atoms with Crippen molar-refractivity contribution in [3.8, 4) is 16.9 Å². The molecule has 3 heterocycles. The molecule has 0 bridgehead atoms. The zero-order valence-corrected chi connectivity index (χ0v) is 18.3. The van der Waals surface area contributed by atoms with Crippen LogP contribution in [0.4, 0.5) is 4.39 Å². The number of halogens is 1. The topological polar surface area (TPSA) is 90.0 Å². The van der Waals surface area contributed by atoms with Gasteiger partial charge >= 0.3 is 0 Å². The lowest BCUT2D eigenvalue weighted by molar-refractivity contribution is -0.114. The van der Waals surface area contributed by atoms with Gasteiger partial charge in [0.05, 0.1) is 24.7 Å². The normalized spacial score (nSPS) is 24.6. The van der Waals surface area contributed by atoms with Crippen LogP contribution in [0.15, 0.2) is 41.5 Å². The average molecular weight is 429 g/mol. The SMILES string of the molecule is CC.CN(C=O)C(N)=N[C@H]1c2cc(-c3cccnc3F)ccc2OC2CCOCC21C. The number of ether oxygens (including phenoxy) is 2. The number of pyridine rings is 1. The van der Waals surface area contributed by atoms with E-state index in [2.05, 4.69) is 9.98 Å². The largest absolute Gasteiger partial charge is 0.489 e. The van der Waals surface area contributed by atoms with E-state index < -0.39 is 17.4 Å². The number of hydrogen-bond acceptors (Lipinski definition) is 5. The molecular weight excluding hydrogens is 399 g/mol. The first-order chi connectivity index (χ1) is 14.9. The molecule has 2 aliphatic rings. The molecule has 1 saturated heterocycles. The van der Waals surface area contributed by atoms with Crippen molar-refractivity contribution >= 4 is 12.4 Å². The lowest BCUT2D eigenvalue weighted by Crippen LogP contribution is -2.51. The molecule has 31 heavy (non-hydrogen) atoms. The van der Waals surface area contributed by atoms with E-state index in [0.717, 1.165) is 12.0 Å². The molecule has 2 aliphatic heterocycles. The Morgan fingerprint density at radius 2 is 2.16 bits per heavy atom. The van der Waals surface area contributed by atoms with Gasteiger partial charge in [-0.15, -0.1) is 0 Å². The molecule has 1 fully saturated rings. The number of benzene rings is 1. The molecule has 2 aromatic rings. The number of fused-ring (bicyclic) bond motifs is 2. The van der Waals surface area contributed by atoms with E-state index in [0.29, 0.717) is 36.5 Å². The highest BCUT2D eigenvalue weighted by Gasteiger charge is 2.50. The number of nitrogens with two attached hydrogens (primary N) is 1. The maximum absolute atomic E-state index is 14.3. The molecule has 2 N–H and O–H groups in total. The lowest BCUT2D eigenvalue weighted by atomic mass is 9.70. The zero-order valence-electron chi connectivity index (χ0n) is 18.3. The number of guanidine groups is 1. The second kappa shape index (κ2) is 9.43. The fourth-order valence-electron chi connectivity index (χ4n) is 3.99. The second-order valence-electron chi connectivity index (χ2n) is 7.65. The number of aliphatic imine (C=N–C) groups is 1. The molecule has 4 rings (SSSR count). The molecule has 0 aliphatic carbocycles. The van der Waals surface area contributed by atoms with E-state index in [4.69, 9.17) is 15.2 Å². The van der Waals surface area contributed by atoms with Crippen LogP contribution in [0.1, 0.15) is 38.8 Å². The minimum absolute atomic E-state index is 0.0985. The van der Waals surface area contributed by atoms with E-state index in [-0.39, 0.29) is 12.1 Å². The number of aromatic nitrogens is 1. The van der Waals surface area contributed by atoms with Crippen LogP contribution in [0.3, 0.4) is 0 Å². The minimum atomic E-state index is -0.547. The highest BCUT2D eigenvalue weighted by atomic mass is 19.1. The van der Waals surface area contributed by atoms with Crippen LogP contribution in [0.2, 0.25) is 0 Å². The van der Waals surface area contributed by atoms with Gasteiger partial charge in [0.25, 0.3) is 0 Å². The van der Waals surface area contributed by atoms with Crippen molar-refractivity contribution in [2.75, 3.05) is 20.3 Å². The summed E-state index contributed by atoms with van der Waals surface area (Å²) in [7, 11) is 1.55. The van der Waals surface area contributed by atoms with Crippen LogP contribution in [0, 0.1) is 11.4 Å². The summed E-state index contributed by atoms with van der Waals surface area (Å²) in [6, 6.07) is 8.44. The summed E-state index contributed by atoms with van der Waals surface area (Å²) >= 11 is 0. The van der Waals surface area contributed by atoms with E-state index in [9.17, 15) is 9.18 Å². The third-order valence-electron chi connectivity index (χ3n) is 5.72. The minimum Gasteiger partial charge on any atom is -0.489 e. The lowest BCUT2D eigenvalue weighted by Gasteiger charge is -2.48. The number of rotatable bonds is 3. The predicted molar refractivity (Wildman–Crippen MR) is 117 cm³/mol. The predicted octanol–water partition coefficient (Wildman–Crippen LogP) is 3.55. The Labute approximate surface area is 182 Å². The smallest absolute Gasteiger partial charge is 0.220 e. The molecular formula is C23H29FN4O3. The summed E-state index contributed by atoms with van der Waals surface area (Å²) in [4.78, 5) is 20.8. The van der Waals surface area contributed by atoms with Crippen LogP contribution < -0.4 is 10.5 Å². The van der Waals surface area contributed by atoms with Gasteiger partial charge in [0.2, 0.25) is 12.4 Å². The Balaban J connectivity index is 0.00000132. The highest BCUT2D eigenvalue weighted by molar-refractivity contribution is 5.87. The first kappa shape index (κ1) is 22.7. The maximum Gasteiger partial charge on any atom is 0.220 e. The van der Waals surface area contributed by atoms with E-state index in [1.165, 1.54) is 11.1 Å². The van der Waals surface area contributed by atoms with Gasteiger partial charge in [-0.1, -0.05) is 26.8 Å². The molecule has 3 atom stereocenters. The molecule has 1 amide bonds. The van der Waals surface area contributed by atoms with E-state index in [1.807, 2.05) is 39.0 Å². The molecule has 0 saturated carbocycles. The molecule has 7 nitrogen and oxygen atoms in total. The number of carbonyl (C=O) groups is 1. The van der Waals surface area contributed by atoms with Crippen molar-refractivity contribution in [3.05, 3.63) is 48.0 Å². The number of carbonyl (C=O) groups excluding carboxylic acids is 1. The Kier molecular flexibility index (Phi) is 6.90. The first-order valence-electron chi connectivity index (χ1n) is 10.4. The summed E-state index contributed by atoms with van der Waals surface area (Å²) in [6.45, 7) is 7.09. The Hall–Kier alpha value is -3.00. The monoisotopic (exact) mass is 428 g/mol. The molecule has 1 aromatic heterocycles. The van der Waals surface area contributed by atoms with Crippen molar-refractivity contribution in [1.82, 2.24) is 9.88 Å². The number of amides is 1. The van der Waals surface area contributed by atoms with Crippen LogP contribution in [-0.4, -0.2) is 48.6 Å². The first-order valence-corrected chi connectivity index (χ1v) is 10.4. The van der Waals surface area contributed by atoms with E-state index >= 15 is 0 Å². The number of hydrogen-bond donors (Lipinski definition) is 1. The van der Waals surface area contributed by atoms with Crippen molar-refractivity contribution in [1.29, 1.82) is 0 Å². The van der Waals surface area contributed by atoms with Gasteiger partial charge in [0.15, 0.2) is 5.96 Å². The van der Waals surface area contributed by atoms with Crippen LogP contribution in [0.25, 0.3) is 11.1 Å². The highest BCUT2D eigenvalue weighted by Crippen LogP contribution is 2.52. The maximum atomic E-state index is 14.3.